The summed E-state index contributed by atoms with van der Waals surface area (Å²) >= 11 is 0. The van der Waals surface area contributed by atoms with Crippen molar-refractivity contribution in [2.45, 2.75) is 56.9 Å². The van der Waals surface area contributed by atoms with Crippen LogP contribution in [0, 0.1) is 11.8 Å². The molecule has 1 aromatic rings. The molecule has 27 heavy (non-hydrogen) atoms. The molecule has 146 valence electrons. The summed E-state index contributed by atoms with van der Waals surface area (Å²) in [4.78, 5) is 26.5. The number of hydrogen-bond acceptors (Lipinski definition) is 3. The molecule has 0 spiro atoms. The topological polar surface area (TPSA) is 58.6 Å². The Bertz CT molecular complexity index is 769. The van der Waals surface area contributed by atoms with Crippen molar-refractivity contribution in [3.8, 4) is 0 Å². The van der Waals surface area contributed by atoms with Crippen LogP contribution in [0.15, 0.2) is 24.3 Å². The lowest BCUT2D eigenvalue weighted by atomic mass is 9.69. The third-order valence-corrected chi connectivity index (χ3v) is 6.92. The summed E-state index contributed by atoms with van der Waals surface area (Å²) in [6.45, 7) is 8.15. The lowest BCUT2D eigenvalue weighted by molar-refractivity contribution is -0.140. The van der Waals surface area contributed by atoms with E-state index in [-0.39, 0.29) is 22.8 Å². The van der Waals surface area contributed by atoms with Gasteiger partial charge in [-0.2, -0.15) is 0 Å². The number of benzene rings is 1. The van der Waals surface area contributed by atoms with E-state index in [1.807, 2.05) is 6.92 Å². The quantitative estimate of drug-likeness (QED) is 0.883. The first kappa shape index (κ1) is 18.3. The SMILES string of the molecule is COC(=O)N[C@]1(C)C[C@H](C(=O)N2CC3CC3(c3cccc(C(C)C)c3)C2)C1. The van der Waals surface area contributed by atoms with Crippen LogP contribution in [0.2, 0.25) is 0 Å². The number of fused-ring (bicyclic) bond motifs is 1. The van der Waals surface area contributed by atoms with Gasteiger partial charge in [0.15, 0.2) is 0 Å². The fraction of sp³-hybridized carbons (Fsp3) is 0.636. The second kappa shape index (κ2) is 6.25. The second-order valence-corrected chi connectivity index (χ2v) is 9.34. The molecule has 1 N–H and O–H groups in total. The number of carbonyl (C=O) groups is 2. The number of carbonyl (C=O) groups excluding carboxylic acids is 2. The van der Waals surface area contributed by atoms with Crippen molar-refractivity contribution >= 4 is 12.0 Å². The van der Waals surface area contributed by atoms with Crippen LogP contribution in [0.1, 0.15) is 57.1 Å². The Kier molecular flexibility index (Phi) is 4.24. The largest absolute Gasteiger partial charge is 0.453 e. The van der Waals surface area contributed by atoms with Gasteiger partial charge in [-0.15, -0.1) is 0 Å². The fourth-order valence-corrected chi connectivity index (χ4v) is 5.17. The molecule has 2 saturated carbocycles. The van der Waals surface area contributed by atoms with Crippen LogP contribution in [0.4, 0.5) is 4.79 Å². The number of nitrogens with zero attached hydrogens (tertiary/aromatic N) is 1. The minimum atomic E-state index is -0.421. The van der Waals surface area contributed by atoms with E-state index < -0.39 is 6.09 Å². The molecule has 3 fully saturated rings. The number of likely N-dealkylation sites (tertiary alicyclic amines) is 1. The first-order valence-electron chi connectivity index (χ1n) is 10.0. The molecule has 5 heteroatoms. The number of ether oxygens (including phenoxy) is 1. The third-order valence-electron chi connectivity index (χ3n) is 6.92. The lowest BCUT2D eigenvalue weighted by Crippen LogP contribution is -2.58. The van der Waals surface area contributed by atoms with E-state index in [2.05, 4.69) is 53.1 Å². The summed E-state index contributed by atoms with van der Waals surface area (Å²) in [7, 11) is 1.37. The van der Waals surface area contributed by atoms with Gasteiger partial charge in [0.1, 0.15) is 0 Å². The van der Waals surface area contributed by atoms with Gasteiger partial charge in [-0.25, -0.2) is 4.79 Å². The van der Waals surface area contributed by atoms with Crippen LogP contribution in [-0.2, 0) is 14.9 Å². The summed E-state index contributed by atoms with van der Waals surface area (Å²) < 4.78 is 4.68. The number of rotatable bonds is 4. The molecular formula is C22H30N2O3. The minimum absolute atomic E-state index is 0.0173. The van der Waals surface area contributed by atoms with Gasteiger partial charge in [-0.1, -0.05) is 38.1 Å². The smallest absolute Gasteiger partial charge is 0.407 e. The highest BCUT2D eigenvalue weighted by Crippen LogP contribution is 2.59. The number of hydrogen-bond donors (Lipinski definition) is 1. The average Bonchev–Trinajstić information content (AvgIpc) is 3.20. The zero-order chi connectivity index (χ0) is 19.4. The maximum Gasteiger partial charge on any atom is 0.407 e. The Hall–Kier alpha value is -2.04. The van der Waals surface area contributed by atoms with Crippen molar-refractivity contribution in [2.24, 2.45) is 11.8 Å². The van der Waals surface area contributed by atoms with E-state index in [0.717, 1.165) is 13.1 Å². The zero-order valence-electron chi connectivity index (χ0n) is 16.7. The molecule has 5 nitrogen and oxygen atoms in total. The van der Waals surface area contributed by atoms with E-state index in [1.165, 1.54) is 24.7 Å². The number of alkyl carbamates (subject to hydrolysis) is 1. The van der Waals surface area contributed by atoms with E-state index >= 15 is 0 Å². The van der Waals surface area contributed by atoms with Gasteiger partial charge >= 0.3 is 6.09 Å². The molecule has 2 unspecified atom stereocenters. The summed E-state index contributed by atoms with van der Waals surface area (Å²) in [6.07, 6.45) is 2.16. The summed E-state index contributed by atoms with van der Waals surface area (Å²) in [5, 5.41) is 2.85. The monoisotopic (exact) mass is 370 g/mol. The highest BCUT2D eigenvalue weighted by Gasteiger charge is 2.62. The standard InChI is InChI=1S/C22H30N2O3/c1-14(2)15-6-5-7-17(8-15)22-11-18(22)12-24(13-22)19(25)16-9-21(3,10-16)23-20(26)27-4/h5-8,14,16,18H,9-13H2,1-4H3,(H,23,26)/t16-,18?,21+,22?. The van der Waals surface area contributed by atoms with Gasteiger partial charge in [-0.05, 0) is 49.1 Å². The van der Waals surface area contributed by atoms with Gasteiger partial charge in [0, 0.05) is 30.0 Å². The molecule has 0 aromatic heterocycles. The van der Waals surface area contributed by atoms with Crippen molar-refractivity contribution in [1.82, 2.24) is 10.2 Å². The first-order chi connectivity index (χ1) is 12.8. The van der Waals surface area contributed by atoms with Crippen LogP contribution < -0.4 is 5.32 Å². The number of amides is 2. The molecular weight excluding hydrogens is 340 g/mol. The number of nitrogens with one attached hydrogen (secondary N) is 1. The number of methoxy groups -OCH3 is 1. The molecule has 1 saturated heterocycles. The maximum atomic E-state index is 13.0. The summed E-state index contributed by atoms with van der Waals surface area (Å²) in [6, 6.07) is 8.94. The molecule has 0 radical (unpaired) electrons. The van der Waals surface area contributed by atoms with Crippen LogP contribution >= 0.6 is 0 Å². The zero-order valence-corrected chi connectivity index (χ0v) is 16.7. The predicted molar refractivity (Wildman–Crippen MR) is 104 cm³/mol. The molecule has 1 heterocycles. The van der Waals surface area contributed by atoms with Gasteiger partial charge in [0.2, 0.25) is 5.91 Å². The average molecular weight is 370 g/mol. The molecule has 2 aliphatic carbocycles. The van der Waals surface area contributed by atoms with Crippen LogP contribution in [0.5, 0.6) is 0 Å². The first-order valence-corrected chi connectivity index (χ1v) is 10.0. The highest BCUT2D eigenvalue weighted by atomic mass is 16.5. The van der Waals surface area contributed by atoms with E-state index in [1.54, 1.807) is 0 Å². The van der Waals surface area contributed by atoms with Gasteiger partial charge in [-0.3, -0.25) is 4.79 Å². The summed E-state index contributed by atoms with van der Waals surface area (Å²) in [5.74, 6) is 1.39. The Morgan fingerprint density at radius 2 is 2.00 bits per heavy atom. The van der Waals surface area contributed by atoms with E-state index in [0.29, 0.717) is 24.7 Å². The van der Waals surface area contributed by atoms with Crippen LogP contribution in [-0.4, -0.2) is 42.6 Å². The van der Waals surface area contributed by atoms with Gasteiger partial charge in [0.25, 0.3) is 0 Å². The Labute approximate surface area is 161 Å². The van der Waals surface area contributed by atoms with Crippen molar-refractivity contribution in [1.29, 1.82) is 0 Å². The molecule has 0 bridgehead atoms. The second-order valence-electron chi connectivity index (χ2n) is 9.34. The number of piperidine rings is 1. The molecule has 2 atom stereocenters. The van der Waals surface area contributed by atoms with E-state index in [9.17, 15) is 9.59 Å². The van der Waals surface area contributed by atoms with Crippen LogP contribution in [0.3, 0.4) is 0 Å². The van der Waals surface area contributed by atoms with Crippen molar-refractivity contribution < 1.29 is 14.3 Å². The molecule has 1 aliphatic heterocycles. The normalized spacial score (nSPS) is 34.0. The van der Waals surface area contributed by atoms with Gasteiger partial charge in [0.05, 0.1) is 7.11 Å². The fourth-order valence-electron chi connectivity index (χ4n) is 5.17. The van der Waals surface area contributed by atoms with Gasteiger partial charge < -0.3 is 15.0 Å². The molecule has 3 aliphatic rings. The summed E-state index contributed by atoms with van der Waals surface area (Å²) in [5.41, 5.74) is 2.64. The van der Waals surface area contributed by atoms with Crippen molar-refractivity contribution in [3.63, 3.8) is 0 Å². The minimum Gasteiger partial charge on any atom is -0.453 e. The third kappa shape index (κ3) is 3.11. The van der Waals surface area contributed by atoms with E-state index in [4.69, 9.17) is 0 Å². The van der Waals surface area contributed by atoms with Crippen molar-refractivity contribution in [2.75, 3.05) is 20.2 Å². The molecule has 2 amide bonds. The molecule has 1 aromatic carbocycles. The molecule has 4 rings (SSSR count). The Morgan fingerprint density at radius 1 is 1.26 bits per heavy atom. The van der Waals surface area contributed by atoms with Crippen LogP contribution in [0.25, 0.3) is 0 Å². The Balaban J connectivity index is 1.39. The lowest BCUT2D eigenvalue weighted by Gasteiger charge is -2.45. The highest BCUT2D eigenvalue weighted by molar-refractivity contribution is 5.82. The maximum absolute atomic E-state index is 13.0. The Morgan fingerprint density at radius 3 is 2.67 bits per heavy atom. The van der Waals surface area contributed by atoms with Crippen molar-refractivity contribution in [3.05, 3.63) is 35.4 Å². The predicted octanol–water partition coefficient (Wildman–Crippen LogP) is 3.43.